The molecule has 1 amide bonds. The third-order valence-corrected chi connectivity index (χ3v) is 6.33. The number of aliphatic carboxylic acids is 1. The second-order valence-corrected chi connectivity index (χ2v) is 8.67. The molecule has 1 heterocycles. The van der Waals surface area contributed by atoms with Gasteiger partial charge in [0.1, 0.15) is 0 Å². The SMILES string of the molecule is O=C(O)CC(Sc1ccccc1NC(=O)c1cccc(NC2=NCCN2)c1)c1ccccc1. The predicted molar refractivity (Wildman–Crippen MR) is 132 cm³/mol. The molecule has 0 fully saturated rings. The van der Waals surface area contributed by atoms with Crippen LogP contribution in [-0.4, -0.2) is 36.0 Å². The van der Waals surface area contributed by atoms with E-state index in [1.165, 1.54) is 11.8 Å². The maximum atomic E-state index is 13.0. The van der Waals surface area contributed by atoms with Crippen LogP contribution in [0.4, 0.5) is 11.4 Å². The summed E-state index contributed by atoms with van der Waals surface area (Å²) in [6.07, 6.45) is -0.0252. The van der Waals surface area contributed by atoms with Crippen molar-refractivity contribution in [2.45, 2.75) is 16.6 Å². The summed E-state index contributed by atoms with van der Waals surface area (Å²) in [5, 5.41) is 18.4. The van der Waals surface area contributed by atoms with Crippen LogP contribution in [0, 0.1) is 0 Å². The van der Waals surface area contributed by atoms with Crippen LogP contribution in [0.3, 0.4) is 0 Å². The van der Waals surface area contributed by atoms with Crippen LogP contribution in [0.15, 0.2) is 88.8 Å². The molecule has 1 aliphatic rings. The summed E-state index contributed by atoms with van der Waals surface area (Å²) >= 11 is 1.43. The summed E-state index contributed by atoms with van der Waals surface area (Å²) in [5.41, 5.74) is 2.83. The molecule has 0 bridgehead atoms. The molecule has 4 N–H and O–H groups in total. The first-order chi connectivity index (χ1) is 16.1. The molecule has 7 nitrogen and oxygen atoms in total. The van der Waals surface area contributed by atoms with Crippen LogP contribution in [0.25, 0.3) is 0 Å². The van der Waals surface area contributed by atoms with E-state index in [4.69, 9.17) is 0 Å². The number of aliphatic imine (C=N–C) groups is 1. The molecular weight excluding hydrogens is 436 g/mol. The lowest BCUT2D eigenvalue weighted by Gasteiger charge is -2.18. The highest BCUT2D eigenvalue weighted by Crippen LogP contribution is 2.41. The number of nitrogens with zero attached hydrogens (tertiary/aromatic N) is 1. The van der Waals surface area contributed by atoms with Crippen molar-refractivity contribution < 1.29 is 14.7 Å². The first-order valence-corrected chi connectivity index (χ1v) is 11.5. The molecule has 0 aliphatic carbocycles. The van der Waals surface area contributed by atoms with Crippen molar-refractivity contribution in [1.29, 1.82) is 0 Å². The van der Waals surface area contributed by atoms with Gasteiger partial charge in [-0.05, 0) is 35.9 Å². The van der Waals surface area contributed by atoms with Crippen LogP contribution in [0.5, 0.6) is 0 Å². The van der Waals surface area contributed by atoms with Gasteiger partial charge in [-0.25, -0.2) is 0 Å². The number of carboxylic acid groups (broad SMARTS) is 1. The number of guanidine groups is 1. The molecule has 0 aromatic heterocycles. The molecule has 3 aromatic rings. The van der Waals surface area contributed by atoms with E-state index in [2.05, 4.69) is 20.9 Å². The predicted octanol–water partition coefficient (Wildman–Crippen LogP) is 4.62. The highest BCUT2D eigenvalue weighted by atomic mass is 32.2. The topological polar surface area (TPSA) is 103 Å². The Balaban J connectivity index is 1.51. The Bertz CT molecular complexity index is 1170. The Morgan fingerprint density at radius 3 is 2.58 bits per heavy atom. The first kappa shape index (κ1) is 22.4. The van der Waals surface area contributed by atoms with Crippen LogP contribution in [0.2, 0.25) is 0 Å². The Hall–Kier alpha value is -3.78. The molecule has 33 heavy (non-hydrogen) atoms. The number of nitrogens with one attached hydrogen (secondary N) is 3. The van der Waals surface area contributed by atoms with Crippen LogP contribution in [0.1, 0.15) is 27.6 Å². The second-order valence-electron chi connectivity index (χ2n) is 7.43. The van der Waals surface area contributed by atoms with Crippen molar-refractivity contribution in [2.24, 2.45) is 4.99 Å². The monoisotopic (exact) mass is 460 g/mol. The molecular formula is C25H24N4O3S. The molecule has 3 aromatic carbocycles. The van der Waals surface area contributed by atoms with Gasteiger partial charge in [-0.3, -0.25) is 14.6 Å². The maximum Gasteiger partial charge on any atom is 0.304 e. The van der Waals surface area contributed by atoms with Gasteiger partial charge in [-0.1, -0.05) is 48.5 Å². The van der Waals surface area contributed by atoms with Crippen molar-refractivity contribution >= 4 is 41.0 Å². The molecule has 0 radical (unpaired) electrons. The summed E-state index contributed by atoms with van der Waals surface area (Å²) in [5.74, 6) is -0.425. The summed E-state index contributed by atoms with van der Waals surface area (Å²) in [7, 11) is 0. The fourth-order valence-corrected chi connectivity index (χ4v) is 4.66. The molecule has 8 heteroatoms. The molecule has 1 unspecified atom stereocenters. The Labute approximate surface area is 196 Å². The van der Waals surface area contributed by atoms with Crippen LogP contribution in [-0.2, 0) is 4.79 Å². The molecule has 0 saturated heterocycles. The number of benzene rings is 3. The molecule has 0 saturated carbocycles. The Morgan fingerprint density at radius 2 is 1.82 bits per heavy atom. The van der Waals surface area contributed by atoms with E-state index in [1.807, 2.05) is 66.7 Å². The number of thioether (sulfide) groups is 1. The average molecular weight is 461 g/mol. The number of rotatable bonds is 8. The minimum absolute atomic E-state index is 0.0252. The number of para-hydroxylation sites is 1. The van der Waals surface area contributed by atoms with E-state index in [0.717, 1.165) is 29.2 Å². The Morgan fingerprint density at radius 1 is 1.03 bits per heavy atom. The second kappa shape index (κ2) is 10.7. The lowest BCUT2D eigenvalue weighted by atomic mass is 10.1. The van der Waals surface area contributed by atoms with Crippen molar-refractivity contribution in [3.8, 4) is 0 Å². The van der Waals surface area contributed by atoms with Gasteiger partial charge in [0.2, 0.25) is 0 Å². The third-order valence-electron chi connectivity index (χ3n) is 5.00. The van der Waals surface area contributed by atoms with Gasteiger partial charge < -0.3 is 21.1 Å². The van der Waals surface area contributed by atoms with E-state index in [9.17, 15) is 14.7 Å². The normalized spacial score (nSPS) is 13.5. The Kier molecular flexibility index (Phi) is 7.26. The number of hydrogen-bond acceptors (Lipinski definition) is 6. The van der Waals surface area contributed by atoms with Gasteiger partial charge in [0, 0.05) is 27.9 Å². The first-order valence-electron chi connectivity index (χ1n) is 10.6. The lowest BCUT2D eigenvalue weighted by molar-refractivity contribution is -0.137. The lowest BCUT2D eigenvalue weighted by Crippen LogP contribution is -2.26. The summed E-state index contributed by atoms with van der Waals surface area (Å²) in [6, 6.07) is 24.2. The quantitative estimate of drug-likeness (QED) is 0.366. The van der Waals surface area contributed by atoms with Gasteiger partial charge in [0.25, 0.3) is 5.91 Å². The molecule has 0 spiro atoms. The highest BCUT2D eigenvalue weighted by Gasteiger charge is 2.19. The smallest absolute Gasteiger partial charge is 0.304 e. The number of amides is 1. The van der Waals surface area contributed by atoms with E-state index in [-0.39, 0.29) is 17.6 Å². The maximum absolute atomic E-state index is 13.0. The number of anilines is 2. The van der Waals surface area contributed by atoms with Crippen molar-refractivity contribution in [2.75, 3.05) is 23.7 Å². The summed E-state index contributed by atoms with van der Waals surface area (Å²) in [4.78, 5) is 29.6. The van der Waals surface area contributed by atoms with E-state index >= 15 is 0 Å². The molecule has 1 aliphatic heterocycles. The van der Waals surface area contributed by atoms with Crippen molar-refractivity contribution in [3.63, 3.8) is 0 Å². The van der Waals surface area contributed by atoms with E-state index in [1.54, 1.807) is 12.1 Å². The zero-order valence-corrected chi connectivity index (χ0v) is 18.6. The minimum atomic E-state index is -0.872. The molecule has 168 valence electrons. The summed E-state index contributed by atoms with van der Waals surface area (Å²) in [6.45, 7) is 1.52. The van der Waals surface area contributed by atoms with Gasteiger partial charge in [0.05, 0.1) is 18.7 Å². The highest BCUT2D eigenvalue weighted by molar-refractivity contribution is 7.99. The minimum Gasteiger partial charge on any atom is -0.481 e. The average Bonchev–Trinajstić information content (AvgIpc) is 3.33. The zero-order valence-electron chi connectivity index (χ0n) is 17.8. The zero-order chi connectivity index (χ0) is 23.0. The summed E-state index contributed by atoms with van der Waals surface area (Å²) < 4.78 is 0. The third kappa shape index (κ3) is 6.14. The van der Waals surface area contributed by atoms with E-state index < -0.39 is 5.97 Å². The number of carbonyl (C=O) groups excluding carboxylic acids is 1. The van der Waals surface area contributed by atoms with Crippen molar-refractivity contribution in [3.05, 3.63) is 90.0 Å². The molecule has 4 rings (SSSR count). The van der Waals surface area contributed by atoms with Crippen LogP contribution < -0.4 is 16.0 Å². The van der Waals surface area contributed by atoms with Crippen molar-refractivity contribution in [1.82, 2.24) is 5.32 Å². The number of carbonyl (C=O) groups is 2. The largest absolute Gasteiger partial charge is 0.481 e. The standard InChI is InChI=1S/C25H24N4O3S/c30-23(31)16-22(17-7-2-1-3-8-17)33-21-12-5-4-11-20(21)29-24(32)18-9-6-10-19(15-18)28-25-26-13-14-27-25/h1-12,15,22H,13-14,16H2,(H,29,32)(H,30,31)(H2,26,27,28). The van der Waals surface area contributed by atoms with Gasteiger partial charge in [0.15, 0.2) is 5.96 Å². The van der Waals surface area contributed by atoms with Gasteiger partial charge >= 0.3 is 5.97 Å². The fraction of sp³-hybridized carbons (Fsp3) is 0.160. The molecule has 1 atom stereocenters. The fourth-order valence-electron chi connectivity index (χ4n) is 3.43. The number of hydrogen-bond donors (Lipinski definition) is 4. The van der Waals surface area contributed by atoms with Gasteiger partial charge in [-0.15, -0.1) is 11.8 Å². The van der Waals surface area contributed by atoms with Gasteiger partial charge in [-0.2, -0.15) is 0 Å². The van der Waals surface area contributed by atoms with E-state index in [0.29, 0.717) is 17.2 Å². The number of carboxylic acids is 1. The van der Waals surface area contributed by atoms with Crippen LogP contribution >= 0.6 is 11.8 Å².